The van der Waals surface area contributed by atoms with Crippen LogP contribution in [-0.2, 0) is 16.1 Å². The van der Waals surface area contributed by atoms with Crippen molar-refractivity contribution in [2.24, 2.45) is 0 Å². The SMILES string of the molecule is CCNC(=O)N1CCN(C(=O)C2(Sc3ccc(C)cc3)CC(=O)N(Cc3ccc(Br)cc3)C2c2c[nH]c3cc(Cl)ccc23)CC1. The summed E-state index contributed by atoms with van der Waals surface area (Å²) in [5.41, 5.74) is 3.81. The van der Waals surface area contributed by atoms with E-state index in [9.17, 15) is 9.59 Å². The Morgan fingerprint density at radius 1 is 1.02 bits per heavy atom. The maximum absolute atomic E-state index is 15.0. The van der Waals surface area contributed by atoms with E-state index in [4.69, 9.17) is 11.6 Å². The second-order valence-electron chi connectivity index (χ2n) is 11.6. The molecule has 6 rings (SSSR count). The fraction of sp³-hybridized carbons (Fsp3) is 0.324. The topological polar surface area (TPSA) is 88.8 Å². The maximum Gasteiger partial charge on any atom is 0.317 e. The van der Waals surface area contributed by atoms with Gasteiger partial charge in [-0.1, -0.05) is 63.4 Å². The molecule has 0 spiro atoms. The summed E-state index contributed by atoms with van der Waals surface area (Å²) in [5.74, 6) is -0.177. The summed E-state index contributed by atoms with van der Waals surface area (Å²) >= 11 is 11.3. The van der Waals surface area contributed by atoms with Crippen LogP contribution < -0.4 is 5.32 Å². The third-order valence-electron chi connectivity index (χ3n) is 8.59. The number of aromatic amines is 1. The number of nitrogens with zero attached hydrogens (tertiary/aromatic N) is 3. The Bertz CT molecular complexity index is 1720. The van der Waals surface area contributed by atoms with Crippen molar-refractivity contribution >= 4 is 68.0 Å². The van der Waals surface area contributed by atoms with Gasteiger partial charge in [0.1, 0.15) is 4.75 Å². The quantitative estimate of drug-likeness (QED) is 0.222. The zero-order chi connectivity index (χ0) is 31.7. The third-order valence-corrected chi connectivity index (χ3v) is 10.8. The molecule has 2 aliphatic heterocycles. The van der Waals surface area contributed by atoms with E-state index in [0.29, 0.717) is 44.3 Å². The zero-order valence-corrected chi connectivity index (χ0v) is 28.3. The Morgan fingerprint density at radius 3 is 2.40 bits per heavy atom. The van der Waals surface area contributed by atoms with E-state index in [1.807, 2.05) is 96.6 Å². The van der Waals surface area contributed by atoms with Gasteiger partial charge in [-0.05, 0) is 55.8 Å². The average molecular weight is 709 g/mol. The molecule has 4 aromatic rings. The summed E-state index contributed by atoms with van der Waals surface area (Å²) in [4.78, 5) is 51.6. The minimum Gasteiger partial charge on any atom is -0.361 e. The molecule has 3 heterocycles. The van der Waals surface area contributed by atoms with Crippen molar-refractivity contribution in [3.63, 3.8) is 0 Å². The Balaban J connectivity index is 1.46. The maximum atomic E-state index is 15.0. The first-order valence-electron chi connectivity index (χ1n) is 15.1. The number of benzene rings is 3. The van der Waals surface area contributed by atoms with Crippen LogP contribution in [-0.4, -0.2) is 75.0 Å². The second-order valence-corrected chi connectivity index (χ2v) is 14.3. The minimum atomic E-state index is -1.16. The first-order chi connectivity index (χ1) is 21.7. The first kappa shape index (κ1) is 31.5. The van der Waals surface area contributed by atoms with Crippen molar-refractivity contribution in [3.05, 3.63) is 99.1 Å². The summed E-state index contributed by atoms with van der Waals surface area (Å²) in [6.45, 7) is 6.45. The third kappa shape index (κ3) is 6.33. The highest BCUT2D eigenvalue weighted by atomic mass is 79.9. The molecule has 0 aliphatic carbocycles. The number of aromatic nitrogens is 1. The van der Waals surface area contributed by atoms with Crippen molar-refractivity contribution in [2.45, 2.75) is 42.5 Å². The summed E-state index contributed by atoms with van der Waals surface area (Å²) in [6.07, 6.45) is 1.96. The number of H-pyrrole nitrogens is 1. The van der Waals surface area contributed by atoms with E-state index in [2.05, 4.69) is 26.2 Å². The molecule has 11 heteroatoms. The van der Waals surface area contributed by atoms with Crippen LogP contribution >= 0.6 is 39.3 Å². The Kier molecular flexibility index (Phi) is 9.17. The number of nitrogens with one attached hydrogen (secondary N) is 2. The monoisotopic (exact) mass is 707 g/mol. The minimum absolute atomic E-state index is 0.0440. The molecule has 4 amide bonds. The Morgan fingerprint density at radius 2 is 1.71 bits per heavy atom. The van der Waals surface area contributed by atoms with Crippen LogP contribution in [0.3, 0.4) is 0 Å². The lowest BCUT2D eigenvalue weighted by molar-refractivity contribution is -0.136. The number of hydrogen-bond donors (Lipinski definition) is 2. The number of carbonyl (C=O) groups excluding carboxylic acids is 3. The molecule has 3 aromatic carbocycles. The van der Waals surface area contributed by atoms with Crippen molar-refractivity contribution in [1.82, 2.24) is 25.0 Å². The van der Waals surface area contributed by atoms with Gasteiger partial charge in [0.25, 0.3) is 0 Å². The number of piperazine rings is 1. The van der Waals surface area contributed by atoms with E-state index in [1.165, 1.54) is 11.8 Å². The van der Waals surface area contributed by atoms with Crippen LogP contribution in [0.5, 0.6) is 0 Å². The summed E-state index contributed by atoms with van der Waals surface area (Å²) < 4.78 is -0.208. The Hall–Kier alpha value is -3.47. The highest BCUT2D eigenvalue weighted by Gasteiger charge is 2.59. The number of aryl methyl sites for hydroxylation is 1. The molecular formula is C34H35BrClN5O3S. The van der Waals surface area contributed by atoms with Gasteiger partial charge in [-0.25, -0.2) is 4.79 Å². The predicted octanol–water partition coefficient (Wildman–Crippen LogP) is 6.77. The largest absolute Gasteiger partial charge is 0.361 e. The molecule has 2 unspecified atom stereocenters. The van der Waals surface area contributed by atoms with Crippen LogP contribution in [0.15, 0.2) is 82.3 Å². The van der Waals surface area contributed by atoms with E-state index in [0.717, 1.165) is 37.0 Å². The van der Waals surface area contributed by atoms with E-state index in [-0.39, 0.29) is 24.3 Å². The van der Waals surface area contributed by atoms with Crippen molar-refractivity contribution in [3.8, 4) is 0 Å². The highest BCUT2D eigenvalue weighted by molar-refractivity contribution is 9.10. The van der Waals surface area contributed by atoms with Gasteiger partial charge in [0.15, 0.2) is 0 Å². The smallest absolute Gasteiger partial charge is 0.317 e. The zero-order valence-electron chi connectivity index (χ0n) is 25.2. The number of urea groups is 1. The molecule has 1 aromatic heterocycles. The van der Waals surface area contributed by atoms with Gasteiger partial charge in [0.2, 0.25) is 11.8 Å². The lowest BCUT2D eigenvalue weighted by atomic mass is 9.90. The van der Waals surface area contributed by atoms with Crippen LogP contribution in [0.4, 0.5) is 4.79 Å². The summed E-state index contributed by atoms with van der Waals surface area (Å²) in [5, 5.41) is 4.38. The van der Waals surface area contributed by atoms with E-state index < -0.39 is 10.8 Å². The molecule has 234 valence electrons. The van der Waals surface area contributed by atoms with Crippen LogP contribution in [0, 0.1) is 6.92 Å². The lowest BCUT2D eigenvalue weighted by Crippen LogP contribution is -2.58. The number of amides is 4. The fourth-order valence-electron chi connectivity index (χ4n) is 6.34. The molecule has 0 bridgehead atoms. The molecule has 2 saturated heterocycles. The fourth-order valence-corrected chi connectivity index (χ4v) is 8.25. The number of fused-ring (bicyclic) bond motifs is 1. The summed E-state index contributed by atoms with van der Waals surface area (Å²) in [6, 6.07) is 21.0. The van der Waals surface area contributed by atoms with E-state index in [1.54, 1.807) is 4.90 Å². The van der Waals surface area contributed by atoms with E-state index >= 15 is 4.79 Å². The molecule has 8 nitrogen and oxygen atoms in total. The van der Waals surface area contributed by atoms with Crippen LogP contribution in [0.25, 0.3) is 10.9 Å². The first-order valence-corrected chi connectivity index (χ1v) is 17.1. The van der Waals surface area contributed by atoms with Gasteiger partial charge in [-0.2, -0.15) is 0 Å². The van der Waals surface area contributed by atoms with Crippen molar-refractivity contribution in [1.29, 1.82) is 0 Å². The molecule has 0 saturated carbocycles. The molecule has 2 N–H and O–H groups in total. The lowest BCUT2D eigenvalue weighted by Gasteiger charge is -2.42. The van der Waals surface area contributed by atoms with Crippen molar-refractivity contribution in [2.75, 3.05) is 32.7 Å². The number of hydrogen-bond acceptors (Lipinski definition) is 4. The average Bonchev–Trinajstić information content (AvgIpc) is 3.56. The van der Waals surface area contributed by atoms with Crippen molar-refractivity contribution < 1.29 is 14.4 Å². The molecular weight excluding hydrogens is 674 g/mol. The van der Waals surface area contributed by atoms with Gasteiger partial charge in [-0.3, -0.25) is 9.59 Å². The molecule has 45 heavy (non-hydrogen) atoms. The number of rotatable bonds is 7. The Labute approximate surface area is 280 Å². The number of thioether (sulfide) groups is 1. The number of halogens is 2. The summed E-state index contributed by atoms with van der Waals surface area (Å²) in [7, 11) is 0. The number of carbonyl (C=O) groups is 3. The van der Waals surface area contributed by atoms with Gasteiger partial charge in [0.05, 0.1) is 12.5 Å². The molecule has 2 fully saturated rings. The van der Waals surface area contributed by atoms with Gasteiger partial charge < -0.3 is 25.0 Å². The molecule has 0 radical (unpaired) electrons. The van der Waals surface area contributed by atoms with Crippen LogP contribution in [0.2, 0.25) is 5.02 Å². The standard InChI is InChI=1S/C34H35BrClN5O3S/c1-3-37-33(44)40-16-14-39(15-17-40)32(43)34(45-26-11-4-22(2)5-12-26)19-30(42)41(21-23-6-8-24(35)9-7-23)31(34)28-20-38-29-18-25(36)10-13-27(28)29/h4-13,18,20,31,38H,3,14-17,19,21H2,1-2H3,(H,37,44). The highest BCUT2D eigenvalue weighted by Crippen LogP contribution is 2.55. The van der Waals surface area contributed by atoms with Crippen LogP contribution in [0.1, 0.15) is 36.1 Å². The molecule has 2 aliphatic rings. The van der Waals surface area contributed by atoms with Gasteiger partial charge >= 0.3 is 6.03 Å². The molecule has 2 atom stereocenters. The second kappa shape index (κ2) is 13.1. The van der Waals surface area contributed by atoms with Gasteiger partial charge in [0, 0.05) is 76.3 Å². The number of likely N-dealkylation sites (tertiary alicyclic amines) is 1. The normalized spacial score (nSPS) is 20.2. The van der Waals surface area contributed by atoms with Gasteiger partial charge in [-0.15, -0.1) is 11.8 Å². The predicted molar refractivity (Wildman–Crippen MR) is 182 cm³/mol.